The Hall–Kier alpha value is 0.310. The lowest BCUT2D eigenvalue weighted by molar-refractivity contribution is 0.342. The second-order valence-electron chi connectivity index (χ2n) is 3.25. The zero-order valence-electron chi connectivity index (χ0n) is 7.60. The summed E-state index contributed by atoms with van der Waals surface area (Å²) in [6.45, 7) is 2.28. The van der Waals surface area contributed by atoms with E-state index in [2.05, 4.69) is 31.1 Å². The molecule has 1 heterocycles. The van der Waals surface area contributed by atoms with Gasteiger partial charge in [-0.25, -0.2) is 0 Å². The molecule has 1 atom stereocenters. The molecule has 0 aromatic carbocycles. The minimum absolute atomic E-state index is 0.774. The largest absolute Gasteiger partial charge is 0.317 e. The highest BCUT2D eigenvalue weighted by atomic mass is 32.2. The van der Waals surface area contributed by atoms with E-state index in [9.17, 15) is 0 Å². The van der Waals surface area contributed by atoms with Crippen molar-refractivity contribution < 1.29 is 0 Å². The van der Waals surface area contributed by atoms with Gasteiger partial charge in [-0.1, -0.05) is 6.92 Å². The first-order valence-electron chi connectivity index (χ1n) is 4.63. The van der Waals surface area contributed by atoms with Gasteiger partial charge in [-0.2, -0.15) is 11.8 Å². The molecule has 0 radical (unpaired) electrons. The van der Waals surface area contributed by atoms with Crippen LogP contribution in [0.1, 0.15) is 26.2 Å². The molecule has 0 aromatic heterocycles. The molecule has 11 heavy (non-hydrogen) atoms. The van der Waals surface area contributed by atoms with Gasteiger partial charge in [0.1, 0.15) is 0 Å². The Morgan fingerprint density at radius 1 is 1.45 bits per heavy atom. The van der Waals surface area contributed by atoms with Gasteiger partial charge in [-0.15, -0.1) is 0 Å². The zero-order valence-corrected chi connectivity index (χ0v) is 8.41. The Kier molecular flexibility index (Phi) is 4.31. The molecule has 1 nitrogen and oxygen atoms in total. The first-order valence-corrected chi connectivity index (χ1v) is 5.79. The fraction of sp³-hybridized carbons (Fsp3) is 1.00. The number of nitrogens with one attached hydrogen (secondary N) is 1. The molecule has 1 aliphatic rings. The lowest BCUT2D eigenvalue weighted by Gasteiger charge is -2.28. The average Bonchev–Trinajstić information content (AvgIpc) is 2.09. The topological polar surface area (TPSA) is 12.0 Å². The van der Waals surface area contributed by atoms with Crippen molar-refractivity contribution in [2.75, 3.05) is 18.6 Å². The van der Waals surface area contributed by atoms with E-state index in [1.807, 2.05) is 0 Å². The molecule has 1 fully saturated rings. The Balaban J connectivity index is 2.30. The van der Waals surface area contributed by atoms with Crippen molar-refractivity contribution in [3.05, 3.63) is 0 Å². The summed E-state index contributed by atoms with van der Waals surface area (Å²) in [5, 5.41) is 3.41. The number of hydrogen-bond acceptors (Lipinski definition) is 2. The van der Waals surface area contributed by atoms with Crippen LogP contribution in [0.15, 0.2) is 0 Å². The van der Waals surface area contributed by atoms with Crippen LogP contribution in [0, 0.1) is 5.92 Å². The molecule has 0 aromatic rings. The minimum Gasteiger partial charge on any atom is -0.317 e. The molecule has 1 saturated heterocycles. The lowest BCUT2D eigenvalue weighted by atomic mass is 9.92. The van der Waals surface area contributed by atoms with Crippen LogP contribution in [0.3, 0.4) is 0 Å². The summed E-state index contributed by atoms with van der Waals surface area (Å²) in [5.41, 5.74) is 0. The lowest BCUT2D eigenvalue weighted by Crippen LogP contribution is -2.34. The molecule has 66 valence electrons. The van der Waals surface area contributed by atoms with Crippen LogP contribution in [0.5, 0.6) is 0 Å². The van der Waals surface area contributed by atoms with Gasteiger partial charge in [-0.3, -0.25) is 0 Å². The molecule has 0 saturated carbocycles. The van der Waals surface area contributed by atoms with E-state index in [0.29, 0.717) is 0 Å². The summed E-state index contributed by atoms with van der Waals surface area (Å²) >= 11 is 2.11. The maximum Gasteiger partial charge on any atom is 0.00902 e. The second kappa shape index (κ2) is 5.04. The van der Waals surface area contributed by atoms with Crippen molar-refractivity contribution in [1.82, 2.24) is 5.32 Å². The van der Waals surface area contributed by atoms with Crippen molar-refractivity contribution in [3.8, 4) is 0 Å². The summed E-state index contributed by atoms with van der Waals surface area (Å²) in [5.74, 6) is 3.71. The van der Waals surface area contributed by atoms with Gasteiger partial charge in [0.05, 0.1) is 0 Å². The highest BCUT2D eigenvalue weighted by Crippen LogP contribution is 2.26. The molecular weight excluding hydrogens is 154 g/mol. The summed E-state index contributed by atoms with van der Waals surface area (Å²) in [6, 6.07) is 0.774. The average molecular weight is 173 g/mol. The van der Waals surface area contributed by atoms with Crippen LogP contribution in [-0.4, -0.2) is 24.6 Å². The maximum atomic E-state index is 3.41. The standard InChI is InChI=1S/C9H19NS/c1-3-9(10-2)8-4-6-11-7-5-8/h8-10H,3-7H2,1-2H3. The third-order valence-corrected chi connectivity index (χ3v) is 3.69. The van der Waals surface area contributed by atoms with Crippen molar-refractivity contribution in [3.63, 3.8) is 0 Å². The van der Waals surface area contributed by atoms with Gasteiger partial charge in [-0.05, 0) is 43.7 Å². The molecule has 2 heteroatoms. The van der Waals surface area contributed by atoms with E-state index in [4.69, 9.17) is 0 Å². The van der Waals surface area contributed by atoms with E-state index in [1.165, 1.54) is 30.8 Å². The van der Waals surface area contributed by atoms with Crippen LogP contribution in [0.2, 0.25) is 0 Å². The number of thioether (sulfide) groups is 1. The SMILES string of the molecule is CCC(NC)C1CCSCC1. The van der Waals surface area contributed by atoms with Gasteiger partial charge in [0.2, 0.25) is 0 Å². The summed E-state index contributed by atoms with van der Waals surface area (Å²) in [6.07, 6.45) is 4.12. The van der Waals surface area contributed by atoms with E-state index >= 15 is 0 Å². The molecular formula is C9H19NS. The highest BCUT2D eigenvalue weighted by molar-refractivity contribution is 7.99. The fourth-order valence-electron chi connectivity index (χ4n) is 1.89. The van der Waals surface area contributed by atoms with Gasteiger partial charge < -0.3 is 5.32 Å². The van der Waals surface area contributed by atoms with Crippen molar-refractivity contribution >= 4 is 11.8 Å². The molecule has 1 rings (SSSR count). The van der Waals surface area contributed by atoms with Crippen LogP contribution in [-0.2, 0) is 0 Å². The van der Waals surface area contributed by atoms with E-state index in [1.54, 1.807) is 0 Å². The maximum absolute atomic E-state index is 3.41. The van der Waals surface area contributed by atoms with Gasteiger partial charge in [0.25, 0.3) is 0 Å². The third-order valence-electron chi connectivity index (χ3n) is 2.65. The highest BCUT2D eigenvalue weighted by Gasteiger charge is 2.20. The first-order chi connectivity index (χ1) is 5.38. The fourth-order valence-corrected chi connectivity index (χ4v) is 3.03. The Bertz CT molecular complexity index is 95.7. The van der Waals surface area contributed by atoms with Crippen molar-refractivity contribution in [1.29, 1.82) is 0 Å². The van der Waals surface area contributed by atoms with Crippen LogP contribution in [0.25, 0.3) is 0 Å². The van der Waals surface area contributed by atoms with Crippen LogP contribution >= 0.6 is 11.8 Å². The van der Waals surface area contributed by atoms with Gasteiger partial charge >= 0.3 is 0 Å². The Morgan fingerprint density at radius 3 is 2.55 bits per heavy atom. The van der Waals surface area contributed by atoms with E-state index < -0.39 is 0 Å². The summed E-state index contributed by atoms with van der Waals surface area (Å²) in [4.78, 5) is 0. The van der Waals surface area contributed by atoms with Crippen LogP contribution < -0.4 is 5.32 Å². The van der Waals surface area contributed by atoms with E-state index in [-0.39, 0.29) is 0 Å². The van der Waals surface area contributed by atoms with Gasteiger partial charge in [0, 0.05) is 6.04 Å². The predicted octanol–water partition coefficient (Wildman–Crippen LogP) is 2.13. The third kappa shape index (κ3) is 2.68. The Morgan fingerprint density at radius 2 is 2.09 bits per heavy atom. The molecule has 1 unspecified atom stereocenters. The van der Waals surface area contributed by atoms with Crippen molar-refractivity contribution in [2.24, 2.45) is 5.92 Å². The first kappa shape index (κ1) is 9.40. The number of rotatable bonds is 3. The monoisotopic (exact) mass is 173 g/mol. The van der Waals surface area contributed by atoms with Gasteiger partial charge in [0.15, 0.2) is 0 Å². The van der Waals surface area contributed by atoms with Crippen molar-refractivity contribution in [2.45, 2.75) is 32.2 Å². The molecule has 0 bridgehead atoms. The molecule has 0 aliphatic carbocycles. The molecule has 0 spiro atoms. The number of hydrogen-bond donors (Lipinski definition) is 1. The zero-order chi connectivity index (χ0) is 8.10. The quantitative estimate of drug-likeness (QED) is 0.701. The summed E-state index contributed by atoms with van der Waals surface area (Å²) < 4.78 is 0. The van der Waals surface area contributed by atoms with E-state index in [0.717, 1.165) is 12.0 Å². The molecule has 1 N–H and O–H groups in total. The smallest absolute Gasteiger partial charge is 0.00902 e. The predicted molar refractivity (Wildman–Crippen MR) is 53.2 cm³/mol. The second-order valence-corrected chi connectivity index (χ2v) is 4.48. The normalized spacial score (nSPS) is 23.5. The molecule has 1 aliphatic heterocycles. The minimum atomic E-state index is 0.774. The molecule has 0 amide bonds. The van der Waals surface area contributed by atoms with Crippen LogP contribution in [0.4, 0.5) is 0 Å². The Labute approximate surface area is 74.3 Å². The summed E-state index contributed by atoms with van der Waals surface area (Å²) in [7, 11) is 2.09.